The molecular weight excluding hydrogens is 432 g/mol. The summed E-state index contributed by atoms with van der Waals surface area (Å²) in [4.78, 5) is 30.5. The lowest BCUT2D eigenvalue weighted by molar-refractivity contribution is -0.140. The molecule has 7 heteroatoms. The number of aromatic nitrogens is 1. The Morgan fingerprint density at radius 1 is 1.12 bits per heavy atom. The minimum atomic E-state index is -0.500. The number of fused-ring (bicyclic) bond motifs is 1. The number of piperidine rings is 1. The molecule has 0 aliphatic carbocycles. The molecule has 34 heavy (non-hydrogen) atoms. The minimum Gasteiger partial charge on any atom is -0.488 e. The van der Waals surface area contributed by atoms with Crippen molar-refractivity contribution in [2.75, 3.05) is 20.2 Å². The van der Waals surface area contributed by atoms with E-state index < -0.39 is 5.60 Å². The fraction of sp³-hybridized carbons (Fsp3) is 0.593. The lowest BCUT2D eigenvalue weighted by atomic mass is 10.0. The van der Waals surface area contributed by atoms with Crippen molar-refractivity contribution in [3.63, 3.8) is 0 Å². The van der Waals surface area contributed by atoms with Crippen LogP contribution in [0.3, 0.4) is 0 Å². The van der Waals surface area contributed by atoms with Gasteiger partial charge in [0.05, 0.1) is 13.5 Å². The fourth-order valence-corrected chi connectivity index (χ4v) is 4.05. The van der Waals surface area contributed by atoms with Crippen molar-refractivity contribution in [2.24, 2.45) is 0 Å². The second-order valence-corrected chi connectivity index (χ2v) is 9.93. The molecule has 0 bridgehead atoms. The average molecular weight is 471 g/mol. The van der Waals surface area contributed by atoms with Crippen LogP contribution in [0.25, 0.3) is 10.9 Å². The fourth-order valence-electron chi connectivity index (χ4n) is 4.05. The van der Waals surface area contributed by atoms with Crippen LogP contribution in [0.1, 0.15) is 71.1 Å². The van der Waals surface area contributed by atoms with Crippen LogP contribution in [0.2, 0.25) is 0 Å². The van der Waals surface area contributed by atoms with Crippen LogP contribution in [0.5, 0.6) is 5.75 Å². The second-order valence-electron chi connectivity index (χ2n) is 9.93. The molecule has 1 aliphatic rings. The summed E-state index contributed by atoms with van der Waals surface area (Å²) >= 11 is 0. The van der Waals surface area contributed by atoms with Crippen molar-refractivity contribution >= 4 is 23.0 Å². The molecule has 1 aromatic carbocycles. The molecule has 1 aliphatic heterocycles. The van der Waals surface area contributed by atoms with E-state index in [1.807, 2.05) is 26.8 Å². The standard InChI is InChI=1S/C27H38N2O5/c1-6-7-8-19-17-20-9-10-21(11-12-24(30)32-5)28-25(20)23(18-19)33-22-13-15-29(16-14-22)26(31)34-27(2,3)4/h9-10,17-18,22H,6-8,11-16H2,1-5H3. The molecule has 0 radical (unpaired) electrons. The summed E-state index contributed by atoms with van der Waals surface area (Å²) < 4.78 is 16.8. The number of benzene rings is 1. The van der Waals surface area contributed by atoms with E-state index in [2.05, 4.69) is 25.1 Å². The normalized spacial score (nSPS) is 14.8. The molecule has 1 amide bonds. The Hall–Kier alpha value is -2.83. The van der Waals surface area contributed by atoms with Gasteiger partial charge in [-0.05, 0) is 57.4 Å². The molecule has 3 rings (SSSR count). The maximum Gasteiger partial charge on any atom is 0.410 e. The van der Waals surface area contributed by atoms with E-state index in [0.29, 0.717) is 25.9 Å². The molecular formula is C27H38N2O5. The monoisotopic (exact) mass is 470 g/mol. The van der Waals surface area contributed by atoms with Gasteiger partial charge in [0.1, 0.15) is 23.0 Å². The molecule has 2 heterocycles. The molecule has 0 spiro atoms. The lowest BCUT2D eigenvalue weighted by Gasteiger charge is -2.33. The van der Waals surface area contributed by atoms with Crippen molar-refractivity contribution in [1.29, 1.82) is 0 Å². The molecule has 2 aromatic rings. The number of pyridine rings is 1. The predicted octanol–water partition coefficient (Wildman–Crippen LogP) is 5.46. The average Bonchev–Trinajstić information content (AvgIpc) is 2.80. The molecule has 0 N–H and O–H groups in total. The summed E-state index contributed by atoms with van der Waals surface area (Å²) in [5.41, 5.74) is 2.39. The largest absolute Gasteiger partial charge is 0.488 e. The minimum absolute atomic E-state index is 0.00355. The number of carbonyl (C=O) groups is 2. The molecule has 1 fully saturated rings. The highest BCUT2D eigenvalue weighted by molar-refractivity contribution is 5.85. The van der Waals surface area contributed by atoms with Gasteiger partial charge in [-0.15, -0.1) is 0 Å². The summed E-state index contributed by atoms with van der Waals surface area (Å²) in [6.07, 6.45) is 5.26. The van der Waals surface area contributed by atoms with Crippen molar-refractivity contribution in [2.45, 2.75) is 84.3 Å². The Kier molecular flexibility index (Phi) is 8.75. The van der Waals surface area contributed by atoms with Crippen LogP contribution in [0.15, 0.2) is 24.3 Å². The number of amides is 1. The van der Waals surface area contributed by atoms with Crippen LogP contribution in [-0.4, -0.2) is 53.9 Å². The SMILES string of the molecule is CCCCc1cc(OC2CCN(C(=O)OC(C)(C)C)CC2)c2nc(CCC(=O)OC)ccc2c1. The number of hydrogen-bond acceptors (Lipinski definition) is 6. The quantitative estimate of drug-likeness (QED) is 0.477. The van der Waals surface area contributed by atoms with Gasteiger partial charge in [-0.2, -0.15) is 0 Å². The highest BCUT2D eigenvalue weighted by atomic mass is 16.6. The first-order valence-corrected chi connectivity index (χ1v) is 12.3. The van der Waals surface area contributed by atoms with Gasteiger partial charge in [0, 0.05) is 43.4 Å². The number of carbonyl (C=O) groups excluding carboxylic acids is 2. The van der Waals surface area contributed by atoms with Crippen molar-refractivity contribution < 1.29 is 23.8 Å². The Balaban J connectivity index is 1.76. The highest BCUT2D eigenvalue weighted by Crippen LogP contribution is 2.30. The van der Waals surface area contributed by atoms with Gasteiger partial charge in [-0.25, -0.2) is 9.78 Å². The maximum absolute atomic E-state index is 12.4. The molecule has 0 saturated carbocycles. The van der Waals surface area contributed by atoms with E-state index in [9.17, 15) is 9.59 Å². The van der Waals surface area contributed by atoms with Gasteiger partial charge in [0.15, 0.2) is 0 Å². The topological polar surface area (TPSA) is 78.0 Å². The first-order valence-electron chi connectivity index (χ1n) is 12.3. The number of nitrogens with zero attached hydrogens (tertiary/aromatic N) is 2. The van der Waals surface area contributed by atoms with E-state index in [4.69, 9.17) is 19.2 Å². The number of likely N-dealkylation sites (tertiary alicyclic amines) is 1. The van der Waals surface area contributed by atoms with Crippen LogP contribution < -0.4 is 4.74 Å². The Labute approximate surface area is 202 Å². The van der Waals surface area contributed by atoms with Crippen LogP contribution in [0.4, 0.5) is 4.79 Å². The van der Waals surface area contributed by atoms with Gasteiger partial charge in [-0.1, -0.05) is 19.4 Å². The van der Waals surface area contributed by atoms with Crippen LogP contribution in [0, 0.1) is 0 Å². The first kappa shape index (κ1) is 25.8. The Morgan fingerprint density at radius 3 is 2.50 bits per heavy atom. The summed E-state index contributed by atoms with van der Waals surface area (Å²) in [6, 6.07) is 8.32. The summed E-state index contributed by atoms with van der Waals surface area (Å²) in [5, 5.41) is 1.04. The molecule has 1 aromatic heterocycles. The van der Waals surface area contributed by atoms with Gasteiger partial charge in [0.2, 0.25) is 0 Å². The summed E-state index contributed by atoms with van der Waals surface area (Å²) in [7, 11) is 1.40. The Morgan fingerprint density at radius 2 is 1.85 bits per heavy atom. The highest BCUT2D eigenvalue weighted by Gasteiger charge is 2.28. The van der Waals surface area contributed by atoms with Crippen LogP contribution in [-0.2, 0) is 27.1 Å². The molecule has 0 atom stereocenters. The van der Waals surface area contributed by atoms with E-state index in [1.165, 1.54) is 12.7 Å². The van der Waals surface area contributed by atoms with E-state index in [1.54, 1.807) is 4.90 Å². The zero-order valence-electron chi connectivity index (χ0n) is 21.2. The van der Waals surface area contributed by atoms with Crippen molar-refractivity contribution in [1.82, 2.24) is 9.88 Å². The van der Waals surface area contributed by atoms with Gasteiger partial charge in [-0.3, -0.25) is 4.79 Å². The third-order valence-electron chi connectivity index (χ3n) is 5.89. The third-order valence-corrected chi connectivity index (χ3v) is 5.89. The number of methoxy groups -OCH3 is 1. The van der Waals surface area contributed by atoms with E-state index in [0.717, 1.165) is 54.5 Å². The smallest absolute Gasteiger partial charge is 0.410 e. The number of ether oxygens (including phenoxy) is 3. The van der Waals surface area contributed by atoms with E-state index in [-0.39, 0.29) is 18.2 Å². The van der Waals surface area contributed by atoms with Gasteiger partial charge in [0.25, 0.3) is 0 Å². The van der Waals surface area contributed by atoms with Crippen molar-refractivity contribution in [3.05, 3.63) is 35.5 Å². The number of unbranched alkanes of at least 4 members (excludes halogenated alkanes) is 1. The Bertz CT molecular complexity index is 990. The van der Waals surface area contributed by atoms with Crippen molar-refractivity contribution in [3.8, 4) is 5.75 Å². The number of rotatable bonds is 8. The number of esters is 1. The maximum atomic E-state index is 12.4. The first-order chi connectivity index (χ1) is 16.2. The van der Waals surface area contributed by atoms with Gasteiger partial charge >= 0.3 is 12.1 Å². The molecule has 7 nitrogen and oxygen atoms in total. The second kappa shape index (κ2) is 11.5. The zero-order valence-corrected chi connectivity index (χ0v) is 21.2. The third kappa shape index (κ3) is 7.34. The summed E-state index contributed by atoms with van der Waals surface area (Å²) in [5.74, 6) is 0.532. The van der Waals surface area contributed by atoms with Crippen LogP contribution >= 0.6 is 0 Å². The zero-order chi connectivity index (χ0) is 24.7. The molecule has 0 unspecified atom stereocenters. The number of hydrogen-bond donors (Lipinski definition) is 0. The van der Waals surface area contributed by atoms with E-state index >= 15 is 0 Å². The predicted molar refractivity (Wildman–Crippen MR) is 132 cm³/mol. The number of aryl methyl sites for hydroxylation is 2. The lowest BCUT2D eigenvalue weighted by Crippen LogP contribution is -2.44. The molecule has 186 valence electrons. The summed E-state index contributed by atoms with van der Waals surface area (Å²) in [6.45, 7) is 9.03. The van der Waals surface area contributed by atoms with Gasteiger partial charge < -0.3 is 19.1 Å². The molecule has 1 saturated heterocycles.